The van der Waals surface area contributed by atoms with E-state index in [1.807, 2.05) is 36.4 Å². The van der Waals surface area contributed by atoms with E-state index in [0.29, 0.717) is 0 Å². The van der Waals surface area contributed by atoms with Gasteiger partial charge < -0.3 is 5.11 Å². The largest absolute Gasteiger partial charge is 0.384 e. The molecule has 1 fully saturated rings. The number of halogens is 1. The Hall–Kier alpha value is -2.33. The molecule has 0 spiro atoms. The highest BCUT2D eigenvalue weighted by molar-refractivity contribution is 7.97. The van der Waals surface area contributed by atoms with Crippen LogP contribution in [0.1, 0.15) is 42.2 Å². The number of hydrogen-bond donors (Lipinski definition) is 2. The predicted molar refractivity (Wildman–Crippen MR) is 147 cm³/mol. The maximum atomic E-state index is 10.7. The predicted octanol–water partition coefficient (Wildman–Crippen LogP) is 7.19. The van der Waals surface area contributed by atoms with Gasteiger partial charge in [-0.25, -0.2) is 0 Å². The van der Waals surface area contributed by atoms with Crippen LogP contribution in [0, 0.1) is 12.3 Å². The summed E-state index contributed by atoms with van der Waals surface area (Å²) in [6.45, 7) is 1.74. The molecular weight excluding hydrogens is 480 g/mol. The lowest BCUT2D eigenvalue weighted by Gasteiger charge is -2.21. The van der Waals surface area contributed by atoms with Gasteiger partial charge in [-0.2, -0.15) is 0 Å². The fourth-order valence-electron chi connectivity index (χ4n) is 3.65. The van der Waals surface area contributed by atoms with E-state index in [9.17, 15) is 5.11 Å². The number of hydrogen-bond acceptors (Lipinski definition) is 5. The Kier molecular flexibility index (Phi) is 7.98. The second-order valence-corrected chi connectivity index (χ2v) is 11.1. The lowest BCUT2D eigenvalue weighted by atomic mass is 9.92. The van der Waals surface area contributed by atoms with Gasteiger partial charge in [0.05, 0.1) is 11.3 Å². The third-order valence-corrected chi connectivity index (χ3v) is 8.15. The molecule has 5 rings (SSSR count). The van der Waals surface area contributed by atoms with Crippen LogP contribution in [0.15, 0.2) is 66.9 Å². The van der Waals surface area contributed by atoms with Crippen LogP contribution < -0.4 is 5.14 Å². The van der Waals surface area contributed by atoms with Gasteiger partial charge in [-0.1, -0.05) is 59.9 Å². The minimum absolute atomic E-state index is 0.252. The van der Waals surface area contributed by atoms with Gasteiger partial charge in [0.2, 0.25) is 0 Å². The molecule has 1 unspecified atom stereocenters. The Bertz CT molecular complexity index is 1320. The molecule has 4 aromatic rings. The van der Waals surface area contributed by atoms with Crippen LogP contribution >= 0.6 is 34.9 Å². The monoisotopic (exact) mass is 506 g/mol. The van der Waals surface area contributed by atoms with Crippen LogP contribution in [-0.2, 0) is 12.0 Å². The highest BCUT2D eigenvalue weighted by Crippen LogP contribution is 2.37. The molecular formula is C28H27ClN2OS2. The van der Waals surface area contributed by atoms with E-state index in [0.717, 1.165) is 39.1 Å². The van der Waals surface area contributed by atoms with Gasteiger partial charge in [-0.15, -0.1) is 23.7 Å². The number of pyridine rings is 1. The van der Waals surface area contributed by atoms with Crippen molar-refractivity contribution in [2.24, 2.45) is 5.14 Å². The number of aliphatic hydroxyl groups is 1. The summed E-state index contributed by atoms with van der Waals surface area (Å²) in [4.78, 5) is 5.81. The average molecular weight is 507 g/mol. The van der Waals surface area contributed by atoms with E-state index in [4.69, 9.17) is 23.2 Å². The molecule has 0 aliphatic heterocycles. The molecule has 1 atom stereocenters. The Morgan fingerprint density at radius 1 is 1.21 bits per heavy atom. The minimum atomic E-state index is -1.08. The Morgan fingerprint density at radius 2 is 2.00 bits per heavy atom. The zero-order valence-corrected chi connectivity index (χ0v) is 21.4. The first-order valence-electron chi connectivity index (χ1n) is 11.1. The van der Waals surface area contributed by atoms with Crippen LogP contribution in [0.25, 0.3) is 21.3 Å². The van der Waals surface area contributed by atoms with E-state index in [2.05, 4.69) is 35.2 Å². The summed E-state index contributed by atoms with van der Waals surface area (Å²) in [7, 11) is 0. The van der Waals surface area contributed by atoms with Crippen molar-refractivity contribution in [1.82, 2.24) is 4.98 Å². The van der Waals surface area contributed by atoms with Gasteiger partial charge in [-0.3, -0.25) is 10.1 Å². The lowest BCUT2D eigenvalue weighted by molar-refractivity contribution is 0.0629. The molecule has 1 saturated carbocycles. The van der Waals surface area contributed by atoms with Crippen molar-refractivity contribution in [3.63, 3.8) is 0 Å². The molecule has 3 N–H and O–H groups in total. The van der Waals surface area contributed by atoms with E-state index >= 15 is 0 Å². The van der Waals surface area contributed by atoms with Crippen LogP contribution in [0.2, 0.25) is 5.02 Å². The van der Waals surface area contributed by atoms with Crippen molar-refractivity contribution in [1.29, 1.82) is 0 Å². The highest BCUT2D eigenvalue weighted by atomic mass is 35.5. The van der Waals surface area contributed by atoms with Gasteiger partial charge in [0.25, 0.3) is 0 Å². The summed E-state index contributed by atoms with van der Waals surface area (Å²) in [6, 6.07) is 20.1. The molecule has 2 aromatic carbocycles. The number of fused-ring (bicyclic) bond motifs is 1. The normalized spacial score (nSPS) is 14.7. The first kappa shape index (κ1) is 24.8. The number of benzene rings is 2. The zero-order valence-electron chi connectivity index (χ0n) is 19.0. The summed E-state index contributed by atoms with van der Waals surface area (Å²) in [5.41, 5.74) is 2.69. The highest BCUT2D eigenvalue weighted by Gasteiger charge is 2.23. The van der Waals surface area contributed by atoms with Gasteiger partial charge in [0.15, 0.2) is 0 Å². The summed E-state index contributed by atoms with van der Waals surface area (Å²) in [6.07, 6.45) is 10.9. The first-order chi connectivity index (χ1) is 16.4. The standard InChI is InChI=1S/C25H20ClNOS.C3H7NS/c1-3-12-25(2,28)19-11-13-27-23(16-19)21-9-6-8-18-15-20(29-24(18)21)14-17-7-4-5-10-22(17)26;4-5-3-1-2-3/h1,4-11,13,15-16,28H,12,14H2,2H3;3H,1-2,4H2. The van der Waals surface area contributed by atoms with Crippen molar-refractivity contribution in [2.45, 2.75) is 43.5 Å². The molecule has 2 heterocycles. The molecule has 1 aliphatic carbocycles. The number of nitrogens with two attached hydrogens (primary N) is 1. The maximum Gasteiger partial charge on any atom is 0.0978 e. The number of aromatic nitrogens is 1. The second kappa shape index (κ2) is 10.9. The maximum absolute atomic E-state index is 10.7. The molecule has 0 radical (unpaired) electrons. The number of terminal acetylenes is 1. The second-order valence-electron chi connectivity index (χ2n) is 8.62. The van der Waals surface area contributed by atoms with E-state index < -0.39 is 5.60 Å². The first-order valence-corrected chi connectivity index (χ1v) is 13.3. The molecule has 0 amide bonds. The molecule has 1 aliphatic rings. The van der Waals surface area contributed by atoms with E-state index in [-0.39, 0.29) is 6.42 Å². The van der Waals surface area contributed by atoms with Crippen molar-refractivity contribution in [2.75, 3.05) is 0 Å². The molecule has 6 heteroatoms. The van der Waals surface area contributed by atoms with Crippen LogP contribution in [0.5, 0.6) is 0 Å². The van der Waals surface area contributed by atoms with Crippen molar-refractivity contribution < 1.29 is 5.11 Å². The average Bonchev–Trinajstić information content (AvgIpc) is 3.59. The summed E-state index contributed by atoms with van der Waals surface area (Å²) >= 11 is 9.59. The zero-order chi connectivity index (χ0) is 24.1. The molecule has 3 nitrogen and oxygen atoms in total. The van der Waals surface area contributed by atoms with E-state index in [1.165, 1.54) is 39.8 Å². The fraction of sp³-hybridized carbons (Fsp3) is 0.250. The SMILES string of the molecule is C#CCC(C)(O)c1ccnc(-c2cccc3cc(Cc4ccccc4Cl)sc23)c1.NSC1CC1. The van der Waals surface area contributed by atoms with Gasteiger partial charge in [0, 0.05) is 44.5 Å². The summed E-state index contributed by atoms with van der Waals surface area (Å²) in [5.74, 6) is 2.55. The topological polar surface area (TPSA) is 59.1 Å². The molecule has 2 aromatic heterocycles. The molecule has 0 bridgehead atoms. The van der Waals surface area contributed by atoms with Crippen molar-refractivity contribution in [3.8, 4) is 23.6 Å². The number of thiophene rings is 1. The third kappa shape index (κ3) is 6.02. The van der Waals surface area contributed by atoms with Gasteiger partial charge >= 0.3 is 0 Å². The van der Waals surface area contributed by atoms with Crippen molar-refractivity contribution >= 4 is 45.0 Å². The Labute approximate surface area is 214 Å². The Balaban J connectivity index is 0.000000486. The molecule has 34 heavy (non-hydrogen) atoms. The van der Waals surface area contributed by atoms with Gasteiger partial charge in [0.1, 0.15) is 0 Å². The smallest absolute Gasteiger partial charge is 0.0978 e. The van der Waals surface area contributed by atoms with Crippen molar-refractivity contribution in [3.05, 3.63) is 87.9 Å². The third-order valence-electron chi connectivity index (χ3n) is 5.74. The van der Waals surface area contributed by atoms with Crippen LogP contribution in [-0.4, -0.2) is 15.3 Å². The molecule has 0 saturated heterocycles. The number of nitrogens with zero attached hydrogens (tertiary/aromatic N) is 1. The quantitative estimate of drug-likeness (QED) is 0.214. The summed E-state index contributed by atoms with van der Waals surface area (Å²) < 4.78 is 1.18. The van der Waals surface area contributed by atoms with E-state index in [1.54, 1.807) is 24.5 Å². The van der Waals surface area contributed by atoms with Gasteiger partial charge in [-0.05, 0) is 60.5 Å². The summed E-state index contributed by atoms with van der Waals surface area (Å²) in [5, 5.41) is 18.6. The number of rotatable bonds is 6. The minimum Gasteiger partial charge on any atom is -0.384 e. The van der Waals surface area contributed by atoms with Crippen LogP contribution in [0.3, 0.4) is 0 Å². The van der Waals surface area contributed by atoms with Crippen LogP contribution in [0.4, 0.5) is 0 Å². The molecule has 174 valence electrons. The lowest BCUT2D eigenvalue weighted by Crippen LogP contribution is -2.20. The fourth-order valence-corrected chi connectivity index (χ4v) is 5.47. The Morgan fingerprint density at radius 3 is 2.68 bits per heavy atom.